The second-order valence-electron chi connectivity index (χ2n) is 4.68. The molecule has 0 radical (unpaired) electrons. The van der Waals surface area contributed by atoms with Gasteiger partial charge in [0.25, 0.3) is 11.6 Å². The summed E-state index contributed by atoms with van der Waals surface area (Å²) < 4.78 is 51.4. The van der Waals surface area contributed by atoms with Crippen LogP contribution in [0.25, 0.3) is 0 Å². The molecule has 0 aliphatic heterocycles. The maximum absolute atomic E-state index is 13.2. The Balaban J connectivity index is 2.35. The van der Waals surface area contributed by atoms with Crippen molar-refractivity contribution in [2.45, 2.75) is 24.6 Å². The van der Waals surface area contributed by atoms with Crippen molar-refractivity contribution in [3.8, 4) is 0 Å². The SMILES string of the molecule is Nc1c(C(=O)NC2(C(F)(F)F)CC2)cc(F)cc1[N+](=O)[O-]. The van der Waals surface area contributed by atoms with Gasteiger partial charge in [-0.05, 0) is 18.9 Å². The minimum atomic E-state index is -4.66. The summed E-state index contributed by atoms with van der Waals surface area (Å²) in [7, 11) is 0. The summed E-state index contributed by atoms with van der Waals surface area (Å²) in [4.78, 5) is 21.4. The maximum atomic E-state index is 13.2. The molecule has 0 unspecified atom stereocenters. The minimum Gasteiger partial charge on any atom is -0.393 e. The summed E-state index contributed by atoms with van der Waals surface area (Å²) in [5.41, 5.74) is 0.730. The summed E-state index contributed by atoms with van der Waals surface area (Å²) in [5.74, 6) is -2.44. The van der Waals surface area contributed by atoms with Gasteiger partial charge >= 0.3 is 6.18 Å². The van der Waals surface area contributed by atoms with Gasteiger partial charge in [0.15, 0.2) is 0 Å². The number of nitrogens with two attached hydrogens (primary N) is 1. The Morgan fingerprint density at radius 3 is 2.38 bits per heavy atom. The molecule has 21 heavy (non-hydrogen) atoms. The molecular weight excluding hydrogens is 298 g/mol. The zero-order valence-electron chi connectivity index (χ0n) is 10.3. The summed E-state index contributed by atoms with van der Waals surface area (Å²) in [6.07, 6.45) is -5.27. The van der Waals surface area contributed by atoms with Crippen molar-refractivity contribution in [2.75, 3.05) is 5.73 Å². The number of carbonyl (C=O) groups is 1. The zero-order chi connectivity index (χ0) is 16.0. The molecule has 1 fully saturated rings. The molecule has 0 heterocycles. The lowest BCUT2D eigenvalue weighted by Crippen LogP contribution is -2.48. The average molecular weight is 307 g/mol. The van der Waals surface area contributed by atoms with Crippen molar-refractivity contribution >= 4 is 17.3 Å². The quantitative estimate of drug-likeness (QED) is 0.387. The lowest BCUT2D eigenvalue weighted by molar-refractivity contribution is -0.384. The number of nitrogen functional groups attached to an aromatic ring is 1. The highest BCUT2D eigenvalue weighted by molar-refractivity contribution is 6.01. The lowest BCUT2D eigenvalue weighted by atomic mass is 10.1. The van der Waals surface area contributed by atoms with Crippen LogP contribution in [0.4, 0.5) is 28.9 Å². The average Bonchev–Trinajstić information content (AvgIpc) is 3.11. The molecule has 0 spiro atoms. The Morgan fingerprint density at radius 1 is 1.38 bits per heavy atom. The van der Waals surface area contributed by atoms with Gasteiger partial charge < -0.3 is 11.1 Å². The van der Waals surface area contributed by atoms with Crippen LogP contribution < -0.4 is 11.1 Å². The number of alkyl halides is 3. The smallest absolute Gasteiger partial charge is 0.393 e. The van der Waals surface area contributed by atoms with Crippen molar-refractivity contribution in [1.82, 2.24) is 5.32 Å². The molecule has 10 heteroatoms. The highest BCUT2D eigenvalue weighted by Gasteiger charge is 2.64. The molecule has 3 N–H and O–H groups in total. The molecule has 0 bridgehead atoms. The van der Waals surface area contributed by atoms with E-state index in [1.165, 1.54) is 0 Å². The molecule has 0 aromatic heterocycles. The molecule has 114 valence electrons. The fraction of sp³-hybridized carbons (Fsp3) is 0.364. The largest absolute Gasteiger partial charge is 0.411 e. The Labute approximate surface area is 115 Å². The van der Waals surface area contributed by atoms with Crippen LogP contribution in [0.15, 0.2) is 12.1 Å². The van der Waals surface area contributed by atoms with Crippen molar-refractivity contribution in [2.24, 2.45) is 0 Å². The normalized spacial score (nSPS) is 16.4. The molecule has 0 atom stereocenters. The van der Waals surface area contributed by atoms with Crippen molar-refractivity contribution in [1.29, 1.82) is 0 Å². The van der Waals surface area contributed by atoms with Gasteiger partial charge in [-0.2, -0.15) is 13.2 Å². The Morgan fingerprint density at radius 2 is 1.95 bits per heavy atom. The van der Waals surface area contributed by atoms with Crippen molar-refractivity contribution in [3.63, 3.8) is 0 Å². The monoisotopic (exact) mass is 307 g/mol. The summed E-state index contributed by atoms with van der Waals surface area (Å²) in [6.45, 7) is 0. The first-order valence-corrected chi connectivity index (χ1v) is 5.70. The van der Waals surface area contributed by atoms with E-state index in [9.17, 15) is 32.5 Å². The molecule has 0 saturated heterocycles. The van der Waals surface area contributed by atoms with Gasteiger partial charge in [-0.15, -0.1) is 0 Å². The van der Waals surface area contributed by atoms with Gasteiger partial charge in [-0.1, -0.05) is 0 Å². The highest BCUT2D eigenvalue weighted by Crippen LogP contribution is 2.49. The summed E-state index contributed by atoms with van der Waals surface area (Å²) in [5, 5.41) is 12.4. The van der Waals surface area contributed by atoms with Gasteiger partial charge in [0.1, 0.15) is 17.0 Å². The topological polar surface area (TPSA) is 98.3 Å². The van der Waals surface area contributed by atoms with Crippen molar-refractivity contribution in [3.05, 3.63) is 33.6 Å². The third kappa shape index (κ3) is 2.60. The third-order valence-corrected chi connectivity index (χ3v) is 3.21. The molecule has 6 nitrogen and oxygen atoms in total. The van der Waals surface area contributed by atoms with Crippen LogP contribution in [-0.2, 0) is 0 Å². The highest BCUT2D eigenvalue weighted by atomic mass is 19.4. The van der Waals surface area contributed by atoms with E-state index in [1.807, 2.05) is 0 Å². The lowest BCUT2D eigenvalue weighted by Gasteiger charge is -2.21. The molecular formula is C11H9F4N3O3. The van der Waals surface area contributed by atoms with Crippen LogP contribution >= 0.6 is 0 Å². The Kier molecular flexibility index (Phi) is 3.27. The minimum absolute atomic E-state index is 0.306. The number of benzene rings is 1. The van der Waals surface area contributed by atoms with Gasteiger partial charge in [0.05, 0.1) is 16.6 Å². The first kappa shape index (κ1) is 15.0. The number of nitrogens with zero attached hydrogens (tertiary/aromatic N) is 1. The number of rotatable bonds is 3. The van der Waals surface area contributed by atoms with Crippen LogP contribution in [-0.4, -0.2) is 22.5 Å². The molecule has 1 aromatic carbocycles. The molecule has 1 aliphatic rings. The van der Waals surface area contributed by atoms with Crippen LogP contribution in [0.3, 0.4) is 0 Å². The third-order valence-electron chi connectivity index (χ3n) is 3.21. The Bertz CT molecular complexity index is 626. The van der Waals surface area contributed by atoms with Gasteiger partial charge in [0.2, 0.25) is 0 Å². The van der Waals surface area contributed by atoms with E-state index in [0.717, 1.165) is 0 Å². The first-order valence-electron chi connectivity index (χ1n) is 5.70. The number of nitro benzene ring substituents is 1. The number of anilines is 1. The Hall–Kier alpha value is -2.39. The van der Waals surface area contributed by atoms with E-state index in [2.05, 4.69) is 0 Å². The number of nitrogens with one attached hydrogen (secondary N) is 1. The fourth-order valence-electron chi connectivity index (χ4n) is 1.83. The molecule has 1 aromatic rings. The van der Waals surface area contributed by atoms with Gasteiger partial charge in [-0.25, -0.2) is 4.39 Å². The number of hydrogen-bond donors (Lipinski definition) is 2. The number of halogens is 4. The van der Waals surface area contributed by atoms with Crippen molar-refractivity contribution < 1.29 is 27.3 Å². The summed E-state index contributed by atoms with van der Waals surface area (Å²) >= 11 is 0. The van der Waals surface area contributed by atoms with E-state index in [1.54, 1.807) is 5.32 Å². The van der Waals surface area contributed by atoms with E-state index < -0.39 is 45.3 Å². The second-order valence-corrected chi connectivity index (χ2v) is 4.68. The first-order chi connectivity index (χ1) is 9.57. The van der Waals surface area contributed by atoms with E-state index in [-0.39, 0.29) is 12.8 Å². The van der Waals surface area contributed by atoms with Crippen LogP contribution in [0, 0.1) is 15.9 Å². The molecule has 1 saturated carbocycles. The van der Waals surface area contributed by atoms with Crippen LogP contribution in [0.5, 0.6) is 0 Å². The van der Waals surface area contributed by atoms with Gasteiger partial charge in [-0.3, -0.25) is 14.9 Å². The number of carbonyl (C=O) groups excluding carboxylic acids is 1. The van der Waals surface area contributed by atoms with Crippen LogP contribution in [0.2, 0.25) is 0 Å². The zero-order valence-corrected chi connectivity index (χ0v) is 10.3. The van der Waals surface area contributed by atoms with Crippen LogP contribution in [0.1, 0.15) is 23.2 Å². The predicted molar refractivity (Wildman–Crippen MR) is 63.0 cm³/mol. The number of nitro groups is 1. The second kappa shape index (κ2) is 4.57. The fourth-order valence-corrected chi connectivity index (χ4v) is 1.83. The van der Waals surface area contributed by atoms with Gasteiger partial charge in [0, 0.05) is 0 Å². The van der Waals surface area contributed by atoms with E-state index in [0.29, 0.717) is 12.1 Å². The van der Waals surface area contributed by atoms with E-state index >= 15 is 0 Å². The number of hydrogen-bond acceptors (Lipinski definition) is 4. The molecule has 1 aliphatic carbocycles. The summed E-state index contributed by atoms with van der Waals surface area (Å²) in [6, 6.07) is 1.05. The molecule has 1 amide bonds. The molecule has 2 rings (SSSR count). The maximum Gasteiger partial charge on any atom is 0.411 e. The number of amides is 1. The van der Waals surface area contributed by atoms with E-state index in [4.69, 9.17) is 5.73 Å². The predicted octanol–water partition coefficient (Wildman–Crippen LogP) is 2.14. The standard InChI is InChI=1S/C11H9F4N3O3/c12-5-3-6(8(16)7(4-5)18(20)21)9(19)17-10(1-2-10)11(13,14)15/h3-4H,1-2,16H2,(H,17,19).